The van der Waals surface area contributed by atoms with E-state index in [0.29, 0.717) is 11.7 Å². The van der Waals surface area contributed by atoms with Gasteiger partial charge in [0.05, 0.1) is 24.5 Å². The van der Waals surface area contributed by atoms with Gasteiger partial charge in [0.2, 0.25) is 0 Å². The van der Waals surface area contributed by atoms with Crippen LogP contribution in [0.25, 0.3) is 0 Å². The van der Waals surface area contributed by atoms with Crippen LogP contribution in [0.1, 0.15) is 25.7 Å². The van der Waals surface area contributed by atoms with Gasteiger partial charge in [-0.2, -0.15) is 5.10 Å². The van der Waals surface area contributed by atoms with Crippen LogP contribution in [-0.4, -0.2) is 45.5 Å². The number of aliphatic hydroxyl groups excluding tert-OH is 1. The first kappa shape index (κ1) is 12.4. The number of hydrogen-bond donors (Lipinski definition) is 2. The molecule has 5 nitrogen and oxygen atoms in total. The summed E-state index contributed by atoms with van der Waals surface area (Å²) in [6.07, 6.45) is 7.74. The first-order valence-corrected chi connectivity index (χ1v) is 6.33. The van der Waals surface area contributed by atoms with Gasteiger partial charge in [0.1, 0.15) is 0 Å². The number of nitrogen functional groups attached to an aromatic ring is 1. The highest BCUT2D eigenvalue weighted by Crippen LogP contribution is 2.22. The van der Waals surface area contributed by atoms with Crippen LogP contribution >= 0.6 is 0 Å². The summed E-state index contributed by atoms with van der Waals surface area (Å²) in [4.78, 5) is 2.24. The molecule has 1 aliphatic rings. The Labute approximate surface area is 102 Å². The fraction of sp³-hybridized carbons (Fsp3) is 0.750. The van der Waals surface area contributed by atoms with Gasteiger partial charge in [-0.05, 0) is 19.9 Å². The highest BCUT2D eigenvalue weighted by molar-refractivity contribution is 5.30. The third-order valence-electron chi connectivity index (χ3n) is 3.60. The standard InChI is InChI=1S/C12H22N4O/c1-15(11-4-2-3-5-12(11)17)6-7-16-9-10(13)8-14-16/h8-9,11-12,17H,2-7,13H2,1H3. The number of nitrogens with two attached hydrogens (primary N) is 1. The lowest BCUT2D eigenvalue weighted by atomic mass is 9.92. The molecule has 1 aromatic heterocycles. The Morgan fingerprint density at radius 2 is 2.29 bits per heavy atom. The van der Waals surface area contributed by atoms with Crippen LogP contribution < -0.4 is 5.73 Å². The lowest BCUT2D eigenvalue weighted by molar-refractivity contribution is 0.0305. The molecule has 1 aliphatic carbocycles. The van der Waals surface area contributed by atoms with E-state index < -0.39 is 0 Å². The summed E-state index contributed by atoms with van der Waals surface area (Å²) in [5, 5.41) is 14.1. The summed E-state index contributed by atoms with van der Waals surface area (Å²) in [7, 11) is 2.08. The maximum absolute atomic E-state index is 9.96. The van der Waals surface area contributed by atoms with Crippen LogP contribution in [0.15, 0.2) is 12.4 Å². The molecule has 1 heterocycles. The van der Waals surface area contributed by atoms with E-state index >= 15 is 0 Å². The second kappa shape index (κ2) is 5.51. The SMILES string of the molecule is CN(CCn1cc(N)cn1)C1CCCCC1O. The van der Waals surface area contributed by atoms with Crippen molar-refractivity contribution in [3.8, 4) is 0 Å². The van der Waals surface area contributed by atoms with E-state index in [1.165, 1.54) is 6.42 Å². The Hall–Kier alpha value is -1.07. The molecule has 96 valence electrons. The molecule has 0 aliphatic heterocycles. The van der Waals surface area contributed by atoms with Gasteiger partial charge in [0.25, 0.3) is 0 Å². The van der Waals surface area contributed by atoms with E-state index in [4.69, 9.17) is 5.73 Å². The Kier molecular flexibility index (Phi) is 4.02. The van der Waals surface area contributed by atoms with Crippen molar-refractivity contribution in [2.24, 2.45) is 0 Å². The molecule has 0 bridgehead atoms. The number of aliphatic hydroxyl groups is 1. The van der Waals surface area contributed by atoms with E-state index in [-0.39, 0.29) is 6.10 Å². The fourth-order valence-electron chi connectivity index (χ4n) is 2.53. The van der Waals surface area contributed by atoms with Crippen molar-refractivity contribution in [2.75, 3.05) is 19.3 Å². The van der Waals surface area contributed by atoms with Crippen LogP contribution in [-0.2, 0) is 6.54 Å². The second-order valence-electron chi connectivity index (χ2n) is 4.94. The molecule has 2 atom stereocenters. The number of aromatic nitrogens is 2. The maximum atomic E-state index is 9.96. The second-order valence-corrected chi connectivity index (χ2v) is 4.94. The number of hydrogen-bond acceptors (Lipinski definition) is 4. The zero-order valence-corrected chi connectivity index (χ0v) is 10.4. The van der Waals surface area contributed by atoms with Gasteiger partial charge in [-0.3, -0.25) is 9.58 Å². The predicted octanol–water partition coefficient (Wildman–Crippen LogP) is 0.701. The molecule has 17 heavy (non-hydrogen) atoms. The van der Waals surface area contributed by atoms with Crippen molar-refractivity contribution in [3.05, 3.63) is 12.4 Å². The van der Waals surface area contributed by atoms with Gasteiger partial charge in [-0.1, -0.05) is 12.8 Å². The van der Waals surface area contributed by atoms with Crippen LogP contribution in [0, 0.1) is 0 Å². The lowest BCUT2D eigenvalue weighted by Gasteiger charge is -2.35. The van der Waals surface area contributed by atoms with Crippen molar-refractivity contribution < 1.29 is 5.11 Å². The maximum Gasteiger partial charge on any atom is 0.0719 e. The van der Waals surface area contributed by atoms with Crippen molar-refractivity contribution in [3.63, 3.8) is 0 Å². The summed E-state index contributed by atoms with van der Waals surface area (Å²) in [6.45, 7) is 1.71. The van der Waals surface area contributed by atoms with Crippen LogP contribution in [0.5, 0.6) is 0 Å². The van der Waals surface area contributed by atoms with E-state index in [0.717, 1.165) is 32.4 Å². The van der Waals surface area contributed by atoms with Crippen LogP contribution in [0.3, 0.4) is 0 Å². The minimum Gasteiger partial charge on any atom is -0.396 e. The molecule has 5 heteroatoms. The summed E-state index contributed by atoms with van der Waals surface area (Å²) >= 11 is 0. The average Bonchev–Trinajstić information content (AvgIpc) is 2.73. The molecule has 2 unspecified atom stereocenters. The van der Waals surface area contributed by atoms with E-state index in [1.807, 2.05) is 10.9 Å². The number of rotatable bonds is 4. The minimum absolute atomic E-state index is 0.170. The first-order chi connectivity index (χ1) is 8.16. The van der Waals surface area contributed by atoms with Crippen molar-refractivity contribution in [1.29, 1.82) is 0 Å². The number of anilines is 1. The summed E-state index contributed by atoms with van der Waals surface area (Å²) in [5.74, 6) is 0. The zero-order valence-electron chi connectivity index (χ0n) is 10.4. The quantitative estimate of drug-likeness (QED) is 0.810. The molecule has 0 radical (unpaired) electrons. The van der Waals surface area contributed by atoms with Gasteiger partial charge >= 0.3 is 0 Å². The molecular weight excluding hydrogens is 216 g/mol. The van der Waals surface area contributed by atoms with Gasteiger partial charge in [0, 0.05) is 18.8 Å². The predicted molar refractivity (Wildman–Crippen MR) is 67.5 cm³/mol. The Bertz CT molecular complexity index is 352. The van der Waals surface area contributed by atoms with Gasteiger partial charge in [0.15, 0.2) is 0 Å². The van der Waals surface area contributed by atoms with E-state index in [1.54, 1.807) is 6.20 Å². The number of nitrogens with zero attached hydrogens (tertiary/aromatic N) is 3. The Balaban J connectivity index is 1.82. The topological polar surface area (TPSA) is 67.3 Å². The molecule has 0 saturated heterocycles. The van der Waals surface area contributed by atoms with Crippen molar-refractivity contribution >= 4 is 5.69 Å². The first-order valence-electron chi connectivity index (χ1n) is 6.33. The molecule has 2 rings (SSSR count). The van der Waals surface area contributed by atoms with Crippen molar-refractivity contribution in [2.45, 2.75) is 44.4 Å². The van der Waals surface area contributed by atoms with Crippen molar-refractivity contribution in [1.82, 2.24) is 14.7 Å². The Morgan fingerprint density at radius 1 is 1.53 bits per heavy atom. The monoisotopic (exact) mass is 238 g/mol. The molecule has 3 N–H and O–H groups in total. The third-order valence-corrected chi connectivity index (χ3v) is 3.60. The average molecular weight is 238 g/mol. The normalized spacial score (nSPS) is 25.4. The van der Waals surface area contributed by atoms with Gasteiger partial charge in [-0.25, -0.2) is 0 Å². The molecule has 1 aromatic rings. The third kappa shape index (κ3) is 3.20. The smallest absolute Gasteiger partial charge is 0.0719 e. The largest absolute Gasteiger partial charge is 0.396 e. The summed E-state index contributed by atoms with van der Waals surface area (Å²) < 4.78 is 1.85. The highest BCUT2D eigenvalue weighted by Gasteiger charge is 2.26. The van der Waals surface area contributed by atoms with Gasteiger partial charge in [-0.15, -0.1) is 0 Å². The van der Waals surface area contributed by atoms with Gasteiger partial charge < -0.3 is 10.8 Å². The molecule has 0 spiro atoms. The summed E-state index contributed by atoms with van der Waals surface area (Å²) in [6, 6.07) is 0.302. The Morgan fingerprint density at radius 3 is 2.94 bits per heavy atom. The minimum atomic E-state index is -0.170. The highest BCUT2D eigenvalue weighted by atomic mass is 16.3. The van der Waals surface area contributed by atoms with Crippen LogP contribution in [0.4, 0.5) is 5.69 Å². The molecule has 1 fully saturated rings. The molecule has 1 saturated carbocycles. The van der Waals surface area contributed by atoms with Crippen LogP contribution in [0.2, 0.25) is 0 Å². The molecule has 0 amide bonds. The van der Waals surface area contributed by atoms with E-state index in [2.05, 4.69) is 17.0 Å². The number of likely N-dealkylation sites (N-methyl/N-ethyl adjacent to an activating group) is 1. The van der Waals surface area contributed by atoms with E-state index in [9.17, 15) is 5.11 Å². The molecule has 0 aromatic carbocycles. The fourth-order valence-corrected chi connectivity index (χ4v) is 2.53. The summed E-state index contributed by atoms with van der Waals surface area (Å²) in [5.41, 5.74) is 6.31. The molecular formula is C12H22N4O. The lowest BCUT2D eigenvalue weighted by Crippen LogP contribution is -2.44. The zero-order chi connectivity index (χ0) is 12.3.